The minimum atomic E-state index is -0.993. The molecule has 9 heteroatoms. The van der Waals surface area contributed by atoms with Crippen LogP contribution in [-0.2, 0) is 16.1 Å². The van der Waals surface area contributed by atoms with E-state index in [0.29, 0.717) is 10.4 Å². The van der Waals surface area contributed by atoms with Crippen molar-refractivity contribution in [1.82, 2.24) is 15.5 Å². The van der Waals surface area contributed by atoms with Gasteiger partial charge in [-0.2, -0.15) is 0 Å². The van der Waals surface area contributed by atoms with Gasteiger partial charge in [-0.1, -0.05) is 12.1 Å². The van der Waals surface area contributed by atoms with Crippen molar-refractivity contribution in [1.29, 1.82) is 0 Å². The molecule has 28 heavy (non-hydrogen) atoms. The van der Waals surface area contributed by atoms with Crippen LogP contribution in [0.15, 0.2) is 35.7 Å². The molecule has 142 valence electrons. The second kappa shape index (κ2) is 7.01. The van der Waals surface area contributed by atoms with Gasteiger partial charge in [0.25, 0.3) is 17.7 Å². The van der Waals surface area contributed by atoms with Gasteiger partial charge in [-0.3, -0.25) is 34.2 Å². The first-order valence-corrected chi connectivity index (χ1v) is 9.50. The highest BCUT2D eigenvalue weighted by Crippen LogP contribution is 2.28. The minimum Gasteiger partial charge on any atom is -0.347 e. The zero-order chi connectivity index (χ0) is 19.8. The normalized spacial score (nSPS) is 18.9. The average Bonchev–Trinajstić information content (AvgIpc) is 3.29. The number of benzene rings is 1. The Morgan fingerprint density at radius 1 is 1.14 bits per heavy atom. The van der Waals surface area contributed by atoms with Crippen molar-refractivity contribution in [2.45, 2.75) is 25.4 Å². The largest absolute Gasteiger partial charge is 0.347 e. The van der Waals surface area contributed by atoms with E-state index in [2.05, 4.69) is 10.6 Å². The van der Waals surface area contributed by atoms with E-state index in [1.54, 1.807) is 29.6 Å². The molecule has 0 bridgehead atoms. The summed E-state index contributed by atoms with van der Waals surface area (Å²) >= 11 is 1.32. The highest BCUT2D eigenvalue weighted by molar-refractivity contribution is 7.12. The quantitative estimate of drug-likeness (QED) is 0.750. The zero-order valence-corrected chi connectivity index (χ0v) is 15.4. The maximum atomic E-state index is 12.8. The highest BCUT2D eigenvalue weighted by Gasteiger charge is 2.44. The number of nitrogens with zero attached hydrogens (tertiary/aromatic N) is 1. The van der Waals surface area contributed by atoms with Crippen LogP contribution in [0, 0.1) is 0 Å². The van der Waals surface area contributed by atoms with Crippen molar-refractivity contribution < 1.29 is 24.0 Å². The number of carbonyl (C=O) groups is 5. The van der Waals surface area contributed by atoms with Gasteiger partial charge in [0.05, 0.1) is 16.0 Å². The summed E-state index contributed by atoms with van der Waals surface area (Å²) in [5.74, 6) is -2.40. The second-order valence-electron chi connectivity index (χ2n) is 6.49. The molecular weight excluding hydrogens is 382 g/mol. The van der Waals surface area contributed by atoms with Crippen molar-refractivity contribution in [3.05, 3.63) is 57.3 Å². The predicted octanol–water partition coefficient (Wildman–Crippen LogP) is 1.08. The number of rotatable bonds is 4. The van der Waals surface area contributed by atoms with Gasteiger partial charge in [0.15, 0.2) is 0 Å². The third-order valence-electron chi connectivity index (χ3n) is 4.70. The van der Waals surface area contributed by atoms with E-state index in [0.717, 1.165) is 4.90 Å². The summed E-state index contributed by atoms with van der Waals surface area (Å²) in [5, 5.41) is 6.73. The lowest BCUT2D eigenvalue weighted by Crippen LogP contribution is -2.54. The molecular formula is C19H15N3O5S. The molecule has 2 aliphatic rings. The van der Waals surface area contributed by atoms with Crippen molar-refractivity contribution in [3.8, 4) is 0 Å². The molecule has 0 aliphatic carbocycles. The van der Waals surface area contributed by atoms with E-state index in [4.69, 9.17) is 0 Å². The number of carbonyl (C=O) groups excluding carboxylic acids is 5. The monoisotopic (exact) mass is 397 g/mol. The average molecular weight is 397 g/mol. The van der Waals surface area contributed by atoms with Gasteiger partial charge >= 0.3 is 0 Å². The molecule has 8 nitrogen and oxygen atoms in total. The van der Waals surface area contributed by atoms with Crippen LogP contribution < -0.4 is 10.6 Å². The van der Waals surface area contributed by atoms with E-state index in [9.17, 15) is 24.0 Å². The molecule has 4 rings (SSSR count). The molecule has 3 heterocycles. The van der Waals surface area contributed by atoms with Crippen LogP contribution in [0.1, 0.15) is 48.8 Å². The summed E-state index contributed by atoms with van der Waals surface area (Å²) in [7, 11) is 0. The fraction of sp³-hybridized carbons (Fsp3) is 0.211. The fourth-order valence-corrected chi connectivity index (χ4v) is 3.95. The molecule has 1 aromatic carbocycles. The van der Waals surface area contributed by atoms with Crippen LogP contribution >= 0.6 is 11.3 Å². The summed E-state index contributed by atoms with van der Waals surface area (Å²) in [6, 6.07) is 7.23. The maximum absolute atomic E-state index is 12.8. The summed E-state index contributed by atoms with van der Waals surface area (Å²) in [6.45, 7) is 0.198. The predicted molar refractivity (Wildman–Crippen MR) is 98.6 cm³/mol. The summed E-state index contributed by atoms with van der Waals surface area (Å²) in [5.41, 5.74) is 1.07. The Kier molecular flexibility index (Phi) is 4.52. The summed E-state index contributed by atoms with van der Waals surface area (Å²) < 4.78 is 0. The van der Waals surface area contributed by atoms with Crippen LogP contribution in [0.2, 0.25) is 0 Å². The van der Waals surface area contributed by atoms with Gasteiger partial charge in [0.1, 0.15) is 6.04 Å². The van der Waals surface area contributed by atoms with Gasteiger partial charge < -0.3 is 5.32 Å². The smallest absolute Gasteiger partial charge is 0.262 e. The summed E-state index contributed by atoms with van der Waals surface area (Å²) in [4.78, 5) is 62.3. The first kappa shape index (κ1) is 18.1. The number of fused-ring (bicyclic) bond motifs is 1. The molecule has 2 aliphatic heterocycles. The molecule has 1 fully saturated rings. The van der Waals surface area contributed by atoms with E-state index in [1.165, 1.54) is 17.4 Å². The Bertz CT molecular complexity index is 1010. The van der Waals surface area contributed by atoms with Gasteiger partial charge in [-0.15, -0.1) is 11.3 Å². The van der Waals surface area contributed by atoms with Gasteiger partial charge in [0, 0.05) is 13.0 Å². The van der Waals surface area contributed by atoms with Crippen molar-refractivity contribution in [2.24, 2.45) is 0 Å². The molecule has 2 aromatic rings. The Hall–Kier alpha value is -3.33. The fourth-order valence-electron chi connectivity index (χ4n) is 3.31. The Morgan fingerprint density at radius 2 is 1.93 bits per heavy atom. The lowest BCUT2D eigenvalue weighted by Gasteiger charge is -2.27. The SMILES string of the molecule is O=C1CCC(N2C(=O)c3ccc(CNC(=O)c4cccs4)cc3C2=O)C(=O)N1. The number of hydrogen-bond donors (Lipinski definition) is 2. The van der Waals surface area contributed by atoms with Crippen LogP contribution in [0.25, 0.3) is 0 Å². The highest BCUT2D eigenvalue weighted by atomic mass is 32.1. The maximum Gasteiger partial charge on any atom is 0.262 e. The van der Waals surface area contributed by atoms with Gasteiger partial charge in [-0.05, 0) is 35.6 Å². The van der Waals surface area contributed by atoms with Crippen LogP contribution in [0.4, 0.5) is 0 Å². The molecule has 2 N–H and O–H groups in total. The topological polar surface area (TPSA) is 113 Å². The Morgan fingerprint density at radius 3 is 2.64 bits per heavy atom. The second-order valence-corrected chi connectivity index (χ2v) is 7.43. The van der Waals surface area contributed by atoms with Crippen LogP contribution in [0.5, 0.6) is 0 Å². The summed E-state index contributed by atoms with van der Waals surface area (Å²) in [6.07, 6.45) is 0.184. The number of hydrogen-bond acceptors (Lipinski definition) is 6. The van der Waals surface area contributed by atoms with Gasteiger partial charge in [-0.25, -0.2) is 0 Å². The van der Waals surface area contributed by atoms with E-state index in [-0.39, 0.29) is 36.4 Å². The van der Waals surface area contributed by atoms with Crippen molar-refractivity contribution in [3.63, 3.8) is 0 Å². The van der Waals surface area contributed by atoms with Crippen LogP contribution in [0.3, 0.4) is 0 Å². The number of thiophene rings is 1. The van der Waals surface area contributed by atoms with Crippen molar-refractivity contribution >= 4 is 40.9 Å². The molecule has 5 amide bonds. The molecule has 1 atom stereocenters. The van der Waals surface area contributed by atoms with Gasteiger partial charge in [0.2, 0.25) is 11.8 Å². The zero-order valence-electron chi connectivity index (χ0n) is 14.6. The molecule has 0 radical (unpaired) electrons. The van der Waals surface area contributed by atoms with E-state index in [1.807, 2.05) is 0 Å². The van der Waals surface area contributed by atoms with Crippen LogP contribution in [-0.4, -0.2) is 40.5 Å². The molecule has 1 saturated heterocycles. The number of imide groups is 2. The first-order chi connectivity index (χ1) is 13.5. The number of nitrogens with one attached hydrogen (secondary N) is 2. The lowest BCUT2D eigenvalue weighted by molar-refractivity contribution is -0.136. The lowest BCUT2D eigenvalue weighted by atomic mass is 10.0. The molecule has 1 aromatic heterocycles. The molecule has 1 unspecified atom stereocenters. The Labute approximate surface area is 163 Å². The molecule has 0 spiro atoms. The standard InChI is InChI=1S/C19H15N3O5S/c23-15-6-5-13(16(24)21-15)22-18(26)11-4-3-10(8-12(11)19(22)27)9-20-17(25)14-2-1-7-28-14/h1-4,7-8,13H,5-6,9H2,(H,20,25)(H,21,23,24). The number of amides is 5. The van der Waals surface area contributed by atoms with E-state index >= 15 is 0 Å². The first-order valence-electron chi connectivity index (χ1n) is 8.62. The third-order valence-corrected chi connectivity index (χ3v) is 5.57. The van der Waals surface area contributed by atoms with E-state index < -0.39 is 29.7 Å². The Balaban J connectivity index is 1.51. The number of piperidine rings is 1. The van der Waals surface area contributed by atoms with Crippen molar-refractivity contribution in [2.75, 3.05) is 0 Å². The molecule has 0 saturated carbocycles. The third kappa shape index (κ3) is 3.09. The minimum absolute atomic E-state index is 0.0732.